The van der Waals surface area contributed by atoms with Crippen molar-refractivity contribution in [3.05, 3.63) is 376 Å². The normalized spacial score (nSPS) is 11.4. The summed E-state index contributed by atoms with van der Waals surface area (Å²) in [7, 11) is 0. The van der Waals surface area contributed by atoms with Crippen molar-refractivity contribution in [2.24, 2.45) is 0 Å². The quantitative estimate of drug-likeness (QED) is 0.102. The first-order valence-corrected chi connectivity index (χ1v) is 33.8. The molecule has 6 heteroatoms. The van der Waals surface area contributed by atoms with Gasteiger partial charge in [0, 0.05) is 85.4 Å². The number of hydrogen-bond donors (Lipinski definition) is 0. The third-order valence-corrected chi connectivity index (χ3v) is 19.2. The van der Waals surface area contributed by atoms with Crippen molar-refractivity contribution in [2.75, 3.05) is 9.80 Å². The van der Waals surface area contributed by atoms with Crippen molar-refractivity contribution in [1.82, 2.24) is 9.97 Å². The fourth-order valence-corrected chi connectivity index (χ4v) is 14.1. The summed E-state index contributed by atoms with van der Waals surface area (Å²) in [5.41, 5.74) is 30.2. The lowest BCUT2D eigenvalue weighted by atomic mass is 9.97. The second-order valence-corrected chi connectivity index (χ2v) is 25.3. The van der Waals surface area contributed by atoms with E-state index >= 15 is 0 Å². The second kappa shape index (κ2) is 25.6. The number of para-hydroxylation sites is 2. The van der Waals surface area contributed by atoms with Gasteiger partial charge in [-0.05, 0) is 181 Å². The molecule has 100 heavy (non-hydrogen) atoms. The average Bonchev–Trinajstić information content (AvgIpc) is 1.57. The molecule has 6 nitrogen and oxygen atoms in total. The predicted octanol–water partition coefficient (Wildman–Crippen LogP) is 26.2. The highest BCUT2D eigenvalue weighted by atomic mass is 16.3. The van der Waals surface area contributed by atoms with Crippen LogP contribution in [0.15, 0.2) is 385 Å². The summed E-state index contributed by atoms with van der Waals surface area (Å²) in [4.78, 5) is 14.4. The minimum atomic E-state index is 0.775. The molecule has 0 aliphatic rings. The third-order valence-electron chi connectivity index (χ3n) is 19.2. The Hall–Kier alpha value is -13.4. The van der Waals surface area contributed by atoms with Crippen molar-refractivity contribution in [3.8, 4) is 100 Å². The standard InChI is InChI=1S/C94H62N4O2/c1-4-17-63(18-5-1)66-40-48-78(49-41-66)97(80-52-44-69(45-53-80)74-25-10-23-72(57-74)65-21-8-3-9-22-65)82-29-12-27-76(59-82)84-31-14-33-86-88-62-96-89(61-91(88)100-93(84)86)71-38-36-68(37-39-71)73-24-11-26-75(58-73)70-46-54-81(55-47-70)98(79-50-42-67(43-51-79)64-19-6-2-7-20-64)83-30-13-28-77(60-83)85-32-15-34-87-92-90(99-94(85)87)35-16-56-95-92/h1-62H. The SMILES string of the molecule is c1ccc(-c2ccc(N(c3ccc(-c4cccc(-c5ccccc5)c4)cc3)c3cccc(-c4cccc5c4oc4cc(-c6ccc(-c7cccc(-c8ccc(N(c9ccc(-c%10ccccc%10)cc9)c9cccc(-c%10cccc%11c%10oc%10cccnc%10%11)c9)cc8)c7)cc6)ncc45)c3)cc2)cc1. The van der Waals surface area contributed by atoms with Gasteiger partial charge in [0.1, 0.15) is 22.3 Å². The van der Waals surface area contributed by atoms with E-state index in [0.717, 1.165) is 151 Å². The molecule has 0 aliphatic carbocycles. The molecule has 18 aromatic rings. The van der Waals surface area contributed by atoms with Crippen LogP contribution in [0.1, 0.15) is 0 Å². The van der Waals surface area contributed by atoms with Crippen molar-refractivity contribution in [3.63, 3.8) is 0 Å². The lowest BCUT2D eigenvalue weighted by molar-refractivity contribution is 0.669. The molecule has 0 bridgehead atoms. The van der Waals surface area contributed by atoms with Gasteiger partial charge >= 0.3 is 0 Å². The van der Waals surface area contributed by atoms with E-state index in [1.54, 1.807) is 0 Å². The van der Waals surface area contributed by atoms with Crippen LogP contribution >= 0.6 is 0 Å². The van der Waals surface area contributed by atoms with Crippen molar-refractivity contribution < 1.29 is 8.83 Å². The number of aromatic nitrogens is 2. The molecule has 0 atom stereocenters. The van der Waals surface area contributed by atoms with Gasteiger partial charge in [0.25, 0.3) is 0 Å². The lowest BCUT2D eigenvalue weighted by Gasteiger charge is -2.26. The lowest BCUT2D eigenvalue weighted by Crippen LogP contribution is -2.10. The Labute approximate surface area is 579 Å². The van der Waals surface area contributed by atoms with Crippen LogP contribution < -0.4 is 9.80 Å². The molecule has 14 aromatic carbocycles. The molecular formula is C94H62N4O2. The molecule has 0 saturated heterocycles. The number of fused-ring (bicyclic) bond motifs is 6. The van der Waals surface area contributed by atoms with E-state index in [4.69, 9.17) is 13.8 Å². The summed E-state index contributed by atoms with van der Waals surface area (Å²) in [6.45, 7) is 0. The minimum absolute atomic E-state index is 0.775. The molecule has 0 fully saturated rings. The number of rotatable bonds is 15. The average molecular weight is 1280 g/mol. The largest absolute Gasteiger partial charge is 0.455 e. The van der Waals surface area contributed by atoms with Gasteiger partial charge in [0.15, 0.2) is 5.58 Å². The zero-order chi connectivity index (χ0) is 66.3. The van der Waals surface area contributed by atoms with Crippen LogP contribution in [0.25, 0.3) is 144 Å². The highest BCUT2D eigenvalue weighted by Gasteiger charge is 2.21. The van der Waals surface area contributed by atoms with Crippen LogP contribution in [-0.2, 0) is 0 Å². The second-order valence-electron chi connectivity index (χ2n) is 25.3. The van der Waals surface area contributed by atoms with Gasteiger partial charge < -0.3 is 18.6 Å². The topological polar surface area (TPSA) is 58.5 Å². The summed E-state index contributed by atoms with van der Waals surface area (Å²) >= 11 is 0. The van der Waals surface area contributed by atoms with Gasteiger partial charge in [-0.2, -0.15) is 0 Å². The maximum Gasteiger partial charge on any atom is 0.153 e. The molecule has 0 unspecified atom stereocenters. The van der Waals surface area contributed by atoms with Crippen LogP contribution in [0.2, 0.25) is 0 Å². The molecule has 0 saturated carbocycles. The number of nitrogens with zero attached hydrogens (tertiary/aromatic N) is 4. The summed E-state index contributed by atoms with van der Waals surface area (Å²) < 4.78 is 13.4. The Morgan fingerprint density at radius 2 is 0.560 bits per heavy atom. The third kappa shape index (κ3) is 11.3. The monoisotopic (exact) mass is 1280 g/mol. The maximum atomic E-state index is 6.93. The van der Waals surface area contributed by atoms with E-state index in [1.807, 2.05) is 24.5 Å². The molecule has 470 valence electrons. The molecule has 0 spiro atoms. The summed E-state index contributed by atoms with van der Waals surface area (Å²) in [6.07, 6.45) is 3.78. The molecule has 4 aromatic heterocycles. The molecule has 0 amide bonds. The Kier molecular flexibility index (Phi) is 15.1. The fourth-order valence-electron chi connectivity index (χ4n) is 14.1. The van der Waals surface area contributed by atoms with E-state index in [1.165, 1.54) is 27.8 Å². The Balaban J connectivity index is 0.620. The smallest absolute Gasteiger partial charge is 0.153 e. The summed E-state index contributed by atoms with van der Waals surface area (Å²) in [5, 5.41) is 2.99. The van der Waals surface area contributed by atoms with Crippen LogP contribution in [0, 0.1) is 0 Å². The molecule has 0 aliphatic heterocycles. The van der Waals surface area contributed by atoms with Crippen molar-refractivity contribution in [1.29, 1.82) is 0 Å². The van der Waals surface area contributed by atoms with E-state index < -0.39 is 0 Å². The highest BCUT2D eigenvalue weighted by Crippen LogP contribution is 2.45. The van der Waals surface area contributed by atoms with Crippen molar-refractivity contribution in [2.45, 2.75) is 0 Å². The maximum absolute atomic E-state index is 6.93. The van der Waals surface area contributed by atoms with Crippen LogP contribution in [0.5, 0.6) is 0 Å². The predicted molar refractivity (Wildman–Crippen MR) is 415 cm³/mol. The van der Waals surface area contributed by atoms with Gasteiger partial charge in [-0.15, -0.1) is 0 Å². The molecular weight excluding hydrogens is 1220 g/mol. The van der Waals surface area contributed by atoms with Gasteiger partial charge in [-0.25, -0.2) is 0 Å². The first kappa shape index (κ1) is 59.1. The van der Waals surface area contributed by atoms with E-state index in [2.05, 4.69) is 367 Å². The molecule has 0 N–H and O–H groups in total. The Morgan fingerprint density at radius 1 is 0.210 bits per heavy atom. The van der Waals surface area contributed by atoms with Gasteiger partial charge in [0.2, 0.25) is 0 Å². The molecule has 0 radical (unpaired) electrons. The van der Waals surface area contributed by atoms with Crippen LogP contribution in [0.3, 0.4) is 0 Å². The number of anilines is 6. The van der Waals surface area contributed by atoms with Gasteiger partial charge in [-0.3, -0.25) is 9.97 Å². The van der Waals surface area contributed by atoms with E-state index in [-0.39, 0.29) is 0 Å². The van der Waals surface area contributed by atoms with Crippen LogP contribution in [-0.4, -0.2) is 9.97 Å². The first-order valence-electron chi connectivity index (χ1n) is 33.8. The minimum Gasteiger partial charge on any atom is -0.455 e. The number of hydrogen-bond acceptors (Lipinski definition) is 6. The van der Waals surface area contributed by atoms with Gasteiger partial charge in [-0.1, -0.05) is 255 Å². The Bertz CT molecular complexity index is 5990. The zero-order valence-electron chi connectivity index (χ0n) is 54.4. The summed E-state index contributed by atoms with van der Waals surface area (Å²) in [6, 6.07) is 130. The van der Waals surface area contributed by atoms with Gasteiger partial charge in [0.05, 0.1) is 5.69 Å². The van der Waals surface area contributed by atoms with Crippen LogP contribution in [0.4, 0.5) is 34.1 Å². The zero-order valence-corrected chi connectivity index (χ0v) is 54.4. The first-order chi connectivity index (χ1) is 49.5. The Morgan fingerprint density at radius 3 is 1.03 bits per heavy atom. The van der Waals surface area contributed by atoms with E-state index in [9.17, 15) is 0 Å². The molecule has 18 rings (SSSR count). The fraction of sp³-hybridized carbons (Fsp3) is 0. The highest BCUT2D eigenvalue weighted by molar-refractivity contribution is 6.10. The number of pyridine rings is 2. The summed E-state index contributed by atoms with van der Waals surface area (Å²) in [5.74, 6) is 0. The molecule has 4 heterocycles. The number of furan rings is 2. The number of benzene rings is 14. The van der Waals surface area contributed by atoms with E-state index in [0.29, 0.717) is 0 Å². The van der Waals surface area contributed by atoms with Crippen molar-refractivity contribution >= 4 is 78.1 Å².